The van der Waals surface area contributed by atoms with Gasteiger partial charge in [0.1, 0.15) is 6.10 Å². The first-order chi connectivity index (χ1) is 13.8. The van der Waals surface area contributed by atoms with Gasteiger partial charge in [0.2, 0.25) is 0 Å². The number of ether oxygens (including phenoxy) is 1. The Morgan fingerprint density at radius 1 is 1.24 bits per heavy atom. The third kappa shape index (κ3) is 4.89. The summed E-state index contributed by atoms with van der Waals surface area (Å²) in [6.45, 7) is 0.191. The second-order valence-corrected chi connectivity index (χ2v) is 6.98. The van der Waals surface area contributed by atoms with Crippen LogP contribution in [0, 0.1) is 0 Å². The zero-order chi connectivity index (χ0) is 21.0. The molecule has 2 heterocycles. The van der Waals surface area contributed by atoms with Crippen molar-refractivity contribution in [3.05, 3.63) is 81.6 Å². The van der Waals surface area contributed by atoms with Gasteiger partial charge in [0.05, 0.1) is 17.9 Å². The van der Waals surface area contributed by atoms with Crippen molar-refractivity contribution in [2.45, 2.75) is 24.6 Å². The number of hydrogen-bond donors (Lipinski definition) is 1. The molecular formula is C19H14Cl2F3N3O2. The number of rotatable bonds is 7. The summed E-state index contributed by atoms with van der Waals surface area (Å²) >= 11 is 12.2. The van der Waals surface area contributed by atoms with Gasteiger partial charge in [0.25, 0.3) is 6.47 Å². The molecule has 0 spiro atoms. The smallest absolute Gasteiger partial charge is 0.435 e. The maximum absolute atomic E-state index is 13.5. The van der Waals surface area contributed by atoms with Gasteiger partial charge in [-0.2, -0.15) is 13.2 Å². The molecule has 0 radical (unpaired) electrons. The Bertz CT molecular complexity index is 980. The van der Waals surface area contributed by atoms with Crippen LogP contribution in [0.2, 0.25) is 10.0 Å². The van der Waals surface area contributed by atoms with Crippen LogP contribution in [0.25, 0.3) is 0 Å². The van der Waals surface area contributed by atoms with Crippen LogP contribution in [0.4, 0.5) is 13.2 Å². The molecule has 152 valence electrons. The van der Waals surface area contributed by atoms with Crippen molar-refractivity contribution in [3.63, 3.8) is 0 Å². The van der Waals surface area contributed by atoms with Crippen molar-refractivity contribution in [1.82, 2.24) is 15.0 Å². The van der Waals surface area contributed by atoms with Crippen molar-refractivity contribution >= 4 is 29.7 Å². The molecule has 10 heteroatoms. The highest BCUT2D eigenvalue weighted by atomic mass is 35.5. The third-order valence-corrected chi connectivity index (χ3v) is 4.93. The summed E-state index contributed by atoms with van der Waals surface area (Å²) in [5, 5.41) is 0.740. The van der Waals surface area contributed by atoms with E-state index >= 15 is 0 Å². The first-order valence-corrected chi connectivity index (χ1v) is 9.10. The Labute approximate surface area is 173 Å². The molecule has 0 aliphatic heterocycles. The minimum absolute atomic E-state index is 0.0218. The Hall–Kier alpha value is -2.58. The topological polar surface area (TPSA) is 67.9 Å². The van der Waals surface area contributed by atoms with E-state index in [0.29, 0.717) is 21.2 Å². The van der Waals surface area contributed by atoms with E-state index in [1.807, 2.05) is 0 Å². The monoisotopic (exact) mass is 443 g/mol. The highest BCUT2D eigenvalue weighted by molar-refractivity contribution is 6.33. The fourth-order valence-corrected chi connectivity index (χ4v) is 3.52. The SMILES string of the molecule is O=COC(Cc1cc(Cl)ccc1Cl)C(c1cccnc1)c1[nH]cnc1C(F)(F)F. The highest BCUT2D eigenvalue weighted by Gasteiger charge is 2.41. The van der Waals surface area contributed by atoms with Crippen LogP contribution < -0.4 is 0 Å². The Morgan fingerprint density at radius 3 is 2.69 bits per heavy atom. The number of nitrogens with one attached hydrogen (secondary N) is 1. The lowest BCUT2D eigenvalue weighted by atomic mass is 9.86. The number of alkyl halides is 3. The van der Waals surface area contributed by atoms with Crippen molar-refractivity contribution in [1.29, 1.82) is 0 Å². The lowest BCUT2D eigenvalue weighted by Gasteiger charge is -2.27. The molecular weight excluding hydrogens is 430 g/mol. The summed E-state index contributed by atoms with van der Waals surface area (Å²) in [5.74, 6) is -1.02. The maximum atomic E-state index is 13.5. The molecule has 2 unspecified atom stereocenters. The molecule has 0 aliphatic rings. The number of nitrogens with zero attached hydrogens (tertiary/aromatic N) is 2. The highest BCUT2D eigenvalue weighted by Crippen LogP contribution is 2.38. The molecule has 2 atom stereocenters. The summed E-state index contributed by atoms with van der Waals surface area (Å²) in [7, 11) is 0. The first kappa shape index (κ1) is 21.1. The van der Waals surface area contributed by atoms with Crippen molar-refractivity contribution in [3.8, 4) is 0 Å². The zero-order valence-corrected chi connectivity index (χ0v) is 16.2. The van der Waals surface area contributed by atoms with Crippen LogP contribution in [-0.2, 0) is 22.1 Å². The van der Waals surface area contributed by atoms with Crippen molar-refractivity contribution < 1.29 is 22.7 Å². The summed E-state index contributed by atoms with van der Waals surface area (Å²) < 4.78 is 45.7. The minimum atomic E-state index is -4.70. The molecule has 3 rings (SSSR count). The van der Waals surface area contributed by atoms with Gasteiger partial charge in [-0.05, 0) is 35.4 Å². The largest absolute Gasteiger partial charge is 0.463 e. The maximum Gasteiger partial charge on any atom is 0.435 e. The number of aromatic amines is 1. The van der Waals surface area contributed by atoms with E-state index in [4.69, 9.17) is 27.9 Å². The third-order valence-electron chi connectivity index (χ3n) is 4.32. The van der Waals surface area contributed by atoms with Crippen LogP contribution in [0.15, 0.2) is 49.1 Å². The van der Waals surface area contributed by atoms with Gasteiger partial charge >= 0.3 is 6.18 Å². The molecule has 0 fully saturated rings. The van der Waals surface area contributed by atoms with Crippen LogP contribution in [0.5, 0.6) is 0 Å². The Morgan fingerprint density at radius 2 is 2.03 bits per heavy atom. The Balaban J connectivity index is 2.11. The minimum Gasteiger partial charge on any atom is -0.463 e. The van der Waals surface area contributed by atoms with E-state index in [9.17, 15) is 18.0 Å². The van der Waals surface area contributed by atoms with E-state index in [0.717, 1.165) is 6.33 Å². The van der Waals surface area contributed by atoms with Gasteiger partial charge in [0.15, 0.2) is 5.69 Å². The fraction of sp³-hybridized carbons (Fsp3) is 0.211. The van der Waals surface area contributed by atoms with E-state index < -0.39 is 23.9 Å². The fourth-order valence-electron chi connectivity index (χ4n) is 3.13. The van der Waals surface area contributed by atoms with E-state index in [2.05, 4.69) is 15.0 Å². The van der Waals surface area contributed by atoms with Crippen LogP contribution in [0.1, 0.15) is 28.4 Å². The normalized spacial score (nSPS) is 13.7. The van der Waals surface area contributed by atoms with Gasteiger partial charge < -0.3 is 9.72 Å². The first-order valence-electron chi connectivity index (χ1n) is 8.34. The lowest BCUT2D eigenvalue weighted by molar-refractivity contribution is -0.142. The molecule has 1 aromatic carbocycles. The van der Waals surface area contributed by atoms with Gasteiger partial charge in [-0.1, -0.05) is 29.3 Å². The number of carbonyl (C=O) groups is 1. The van der Waals surface area contributed by atoms with E-state index in [1.165, 1.54) is 12.4 Å². The number of halogens is 5. The molecule has 0 amide bonds. The summed E-state index contributed by atoms with van der Waals surface area (Å²) in [4.78, 5) is 21.2. The van der Waals surface area contributed by atoms with E-state index in [-0.39, 0.29) is 18.6 Å². The van der Waals surface area contributed by atoms with Crippen molar-refractivity contribution in [2.75, 3.05) is 0 Å². The number of benzene rings is 1. The average molecular weight is 444 g/mol. The molecule has 1 N–H and O–H groups in total. The molecule has 3 aromatic rings. The quantitative estimate of drug-likeness (QED) is 0.519. The van der Waals surface area contributed by atoms with Crippen LogP contribution in [0.3, 0.4) is 0 Å². The van der Waals surface area contributed by atoms with Gasteiger partial charge in [0, 0.05) is 28.9 Å². The molecule has 0 aliphatic carbocycles. The van der Waals surface area contributed by atoms with Crippen LogP contribution in [-0.4, -0.2) is 27.5 Å². The number of aromatic nitrogens is 3. The average Bonchev–Trinajstić information content (AvgIpc) is 3.16. The molecule has 29 heavy (non-hydrogen) atoms. The van der Waals surface area contributed by atoms with Gasteiger partial charge in [-0.15, -0.1) is 0 Å². The summed E-state index contributed by atoms with van der Waals surface area (Å²) in [5.41, 5.74) is -0.404. The number of imidazole rings is 1. The van der Waals surface area contributed by atoms with Crippen molar-refractivity contribution in [2.24, 2.45) is 0 Å². The Kier molecular flexibility index (Phi) is 6.44. The van der Waals surface area contributed by atoms with Gasteiger partial charge in [-0.25, -0.2) is 4.98 Å². The van der Waals surface area contributed by atoms with Crippen LogP contribution >= 0.6 is 23.2 Å². The molecule has 0 saturated heterocycles. The molecule has 0 bridgehead atoms. The lowest BCUT2D eigenvalue weighted by Crippen LogP contribution is -2.28. The van der Waals surface area contributed by atoms with E-state index in [1.54, 1.807) is 30.3 Å². The number of H-pyrrole nitrogens is 1. The predicted octanol–water partition coefficient (Wildman–Crippen LogP) is 5.05. The second-order valence-electron chi connectivity index (χ2n) is 6.14. The number of carbonyl (C=O) groups excluding carboxylic acids is 1. The predicted molar refractivity (Wildman–Crippen MR) is 101 cm³/mol. The second kappa shape index (κ2) is 8.84. The molecule has 5 nitrogen and oxygen atoms in total. The number of pyridine rings is 1. The summed E-state index contributed by atoms with van der Waals surface area (Å²) in [6, 6.07) is 7.89. The standard InChI is InChI=1S/C19H14Cl2F3N3O2/c20-13-3-4-14(21)12(6-13)7-15(29-10-28)16(11-2-1-5-25-8-11)17-18(19(22,23)24)27-9-26-17/h1-6,8-10,15-16H,7H2,(H,26,27). The zero-order valence-electron chi connectivity index (χ0n) is 14.7. The number of hydrogen-bond acceptors (Lipinski definition) is 4. The van der Waals surface area contributed by atoms with Gasteiger partial charge in [-0.3, -0.25) is 9.78 Å². The molecule has 2 aromatic heterocycles. The summed E-state index contributed by atoms with van der Waals surface area (Å²) in [6.07, 6.45) is -1.86. The molecule has 0 saturated carbocycles.